The maximum absolute atomic E-state index is 2.48. The van der Waals surface area contributed by atoms with Crippen LogP contribution in [0.2, 0.25) is 0 Å². The van der Waals surface area contributed by atoms with E-state index >= 15 is 0 Å². The smallest absolute Gasteiger partial charge is 0.0508 e. The van der Waals surface area contributed by atoms with Crippen molar-refractivity contribution in [2.45, 2.75) is 19.3 Å². The molecule has 8 aromatic rings. The van der Waals surface area contributed by atoms with Gasteiger partial charge < -0.3 is 4.90 Å². The molecule has 0 aromatic heterocycles. The van der Waals surface area contributed by atoms with Gasteiger partial charge in [-0.25, -0.2) is 0 Å². The first-order valence-corrected chi connectivity index (χ1v) is 18.1. The molecule has 0 unspecified atom stereocenters. The summed E-state index contributed by atoms with van der Waals surface area (Å²) >= 11 is 0. The largest absolute Gasteiger partial charge is 0.310 e. The lowest BCUT2D eigenvalue weighted by Gasteiger charge is -2.32. The molecule has 1 aliphatic rings. The number of hydrogen-bond acceptors (Lipinski definition) is 1. The topological polar surface area (TPSA) is 3.24 Å². The number of nitrogens with zero attached hydrogens (tertiary/aromatic N) is 1. The lowest BCUT2D eigenvalue weighted by atomic mass is 9.81. The van der Waals surface area contributed by atoms with Gasteiger partial charge >= 0.3 is 0 Å². The number of anilines is 3. The third-order valence-electron chi connectivity index (χ3n) is 10.6. The van der Waals surface area contributed by atoms with E-state index in [0.29, 0.717) is 0 Å². The van der Waals surface area contributed by atoms with Crippen LogP contribution in [-0.2, 0) is 5.41 Å². The fraction of sp³-hybridized carbons (Fsp3) is 0.0588. The van der Waals surface area contributed by atoms with Crippen LogP contribution >= 0.6 is 0 Å². The maximum atomic E-state index is 2.48. The summed E-state index contributed by atoms with van der Waals surface area (Å²) in [6.45, 7) is 4.75. The van der Waals surface area contributed by atoms with Crippen molar-refractivity contribution >= 4 is 39.0 Å². The van der Waals surface area contributed by atoms with E-state index in [1.54, 1.807) is 0 Å². The first-order chi connectivity index (χ1) is 25.6. The molecule has 0 spiro atoms. The van der Waals surface area contributed by atoms with Gasteiger partial charge in [-0.1, -0.05) is 184 Å². The molecule has 0 heterocycles. The predicted molar refractivity (Wildman–Crippen MR) is 221 cm³/mol. The Morgan fingerprint density at radius 3 is 1.56 bits per heavy atom. The van der Waals surface area contributed by atoms with E-state index in [1.165, 1.54) is 66.6 Å². The average molecular weight is 666 g/mol. The van der Waals surface area contributed by atoms with Gasteiger partial charge in [0.15, 0.2) is 0 Å². The number of benzene rings is 8. The van der Waals surface area contributed by atoms with Crippen molar-refractivity contribution in [1.82, 2.24) is 0 Å². The van der Waals surface area contributed by atoms with Crippen LogP contribution in [0.15, 0.2) is 200 Å². The second kappa shape index (κ2) is 13.0. The highest BCUT2D eigenvalue weighted by molar-refractivity contribution is 6.05. The summed E-state index contributed by atoms with van der Waals surface area (Å²) in [7, 11) is 0. The van der Waals surface area contributed by atoms with Crippen molar-refractivity contribution in [3.05, 3.63) is 234 Å². The summed E-state index contributed by atoms with van der Waals surface area (Å²) in [6.07, 6.45) is 0. The molecule has 0 N–H and O–H groups in total. The number of hydrogen-bond donors (Lipinski definition) is 0. The van der Waals surface area contributed by atoms with Crippen molar-refractivity contribution in [1.29, 1.82) is 0 Å². The quantitative estimate of drug-likeness (QED) is 0.153. The van der Waals surface area contributed by atoms with Gasteiger partial charge in [-0.15, -0.1) is 0 Å². The summed E-state index contributed by atoms with van der Waals surface area (Å²) in [4.78, 5) is 2.48. The van der Waals surface area contributed by atoms with Crippen LogP contribution in [0.3, 0.4) is 0 Å². The van der Waals surface area contributed by atoms with Gasteiger partial charge in [-0.3, -0.25) is 0 Å². The Morgan fingerprint density at radius 2 is 0.885 bits per heavy atom. The van der Waals surface area contributed by atoms with Gasteiger partial charge in [0.25, 0.3) is 0 Å². The van der Waals surface area contributed by atoms with Crippen LogP contribution in [0.4, 0.5) is 17.1 Å². The summed E-state index contributed by atoms with van der Waals surface area (Å²) in [5.74, 6) is 0. The van der Waals surface area contributed by atoms with Gasteiger partial charge in [0.2, 0.25) is 0 Å². The minimum absolute atomic E-state index is 0.182. The Hall–Kier alpha value is -6.44. The summed E-state index contributed by atoms with van der Waals surface area (Å²) in [5, 5.41) is 2.45. The van der Waals surface area contributed by atoms with E-state index in [-0.39, 0.29) is 5.41 Å². The van der Waals surface area contributed by atoms with E-state index in [2.05, 4.69) is 219 Å². The molecule has 1 nitrogen and oxygen atoms in total. The molecular formula is C51H39N. The number of rotatable bonds is 7. The Morgan fingerprint density at radius 1 is 0.385 bits per heavy atom. The SMILES string of the molecule is CC1(C)c2ccccc2-c2cccc(N(c3cccc(C(=C(c4ccccc4)c4ccccc4)c4ccccc4)c3)c3ccc4ccccc4c3)c21. The highest BCUT2D eigenvalue weighted by Crippen LogP contribution is 2.54. The molecule has 0 fully saturated rings. The van der Waals surface area contributed by atoms with E-state index in [0.717, 1.165) is 16.9 Å². The molecule has 1 heteroatoms. The minimum atomic E-state index is -0.182. The lowest BCUT2D eigenvalue weighted by molar-refractivity contribution is 0.661. The molecule has 0 radical (unpaired) electrons. The van der Waals surface area contributed by atoms with E-state index in [4.69, 9.17) is 0 Å². The fourth-order valence-electron chi connectivity index (χ4n) is 8.27. The maximum Gasteiger partial charge on any atom is 0.0508 e. The van der Waals surface area contributed by atoms with Gasteiger partial charge in [0.05, 0.1) is 5.69 Å². The molecule has 52 heavy (non-hydrogen) atoms. The first-order valence-electron chi connectivity index (χ1n) is 18.1. The molecule has 8 aromatic carbocycles. The molecule has 9 rings (SSSR count). The molecule has 248 valence electrons. The Bertz CT molecular complexity index is 2540. The van der Waals surface area contributed by atoms with Crippen LogP contribution in [-0.4, -0.2) is 0 Å². The van der Waals surface area contributed by atoms with Crippen molar-refractivity contribution in [2.24, 2.45) is 0 Å². The molecule has 0 saturated carbocycles. The minimum Gasteiger partial charge on any atom is -0.310 e. The van der Waals surface area contributed by atoms with E-state index < -0.39 is 0 Å². The van der Waals surface area contributed by atoms with Gasteiger partial charge in [0.1, 0.15) is 0 Å². The molecule has 0 saturated heterocycles. The summed E-state index contributed by atoms with van der Waals surface area (Å²) in [5.41, 5.74) is 15.7. The Balaban J connectivity index is 1.33. The zero-order chi connectivity index (χ0) is 35.1. The van der Waals surface area contributed by atoms with Crippen LogP contribution < -0.4 is 4.90 Å². The van der Waals surface area contributed by atoms with Crippen molar-refractivity contribution in [3.8, 4) is 11.1 Å². The van der Waals surface area contributed by atoms with E-state index in [9.17, 15) is 0 Å². The fourth-order valence-corrected chi connectivity index (χ4v) is 8.27. The number of fused-ring (bicyclic) bond motifs is 4. The van der Waals surface area contributed by atoms with Crippen molar-refractivity contribution in [2.75, 3.05) is 4.90 Å². The third-order valence-corrected chi connectivity index (χ3v) is 10.6. The molecule has 0 atom stereocenters. The summed E-state index contributed by atoms with van der Waals surface area (Å²) in [6, 6.07) is 72.9. The van der Waals surface area contributed by atoms with Crippen molar-refractivity contribution in [3.63, 3.8) is 0 Å². The lowest BCUT2D eigenvalue weighted by Crippen LogP contribution is -2.20. The van der Waals surface area contributed by atoms with E-state index in [1.807, 2.05) is 0 Å². The zero-order valence-corrected chi connectivity index (χ0v) is 29.5. The monoisotopic (exact) mass is 665 g/mol. The molecule has 1 aliphatic carbocycles. The van der Waals surface area contributed by atoms with Crippen LogP contribution in [0, 0.1) is 0 Å². The van der Waals surface area contributed by atoms with Gasteiger partial charge in [-0.2, -0.15) is 0 Å². The standard InChI is InChI=1S/C51H39N/c1-51(2)46-30-15-14-28-44(46)45-29-17-31-47(50(45)51)52(43-33-32-36-18-12-13-25-40(36)34-43)42-27-16-26-41(35-42)49(39-23-10-5-11-24-39)48(37-19-6-3-7-20-37)38-21-8-4-9-22-38/h3-35H,1-2H3. The van der Waals surface area contributed by atoms with Gasteiger partial charge in [-0.05, 0) is 96.8 Å². The van der Waals surface area contributed by atoms with Crippen LogP contribution in [0.5, 0.6) is 0 Å². The molecule has 0 bridgehead atoms. The zero-order valence-electron chi connectivity index (χ0n) is 29.5. The normalized spacial score (nSPS) is 12.6. The Labute approximate surface area is 306 Å². The van der Waals surface area contributed by atoms with Crippen molar-refractivity contribution < 1.29 is 0 Å². The molecule has 0 amide bonds. The third kappa shape index (κ3) is 5.43. The summed E-state index contributed by atoms with van der Waals surface area (Å²) < 4.78 is 0. The van der Waals surface area contributed by atoms with Crippen LogP contribution in [0.25, 0.3) is 33.0 Å². The molecular weight excluding hydrogens is 627 g/mol. The van der Waals surface area contributed by atoms with Gasteiger partial charge in [0, 0.05) is 16.8 Å². The predicted octanol–water partition coefficient (Wildman–Crippen LogP) is 13.6. The second-order valence-electron chi connectivity index (χ2n) is 14.1. The first kappa shape index (κ1) is 31.5. The second-order valence-corrected chi connectivity index (χ2v) is 14.1. The Kier molecular flexibility index (Phi) is 7.90. The highest BCUT2D eigenvalue weighted by atomic mass is 15.1. The average Bonchev–Trinajstić information content (AvgIpc) is 3.44. The highest BCUT2D eigenvalue weighted by Gasteiger charge is 2.38. The molecule has 0 aliphatic heterocycles. The van der Waals surface area contributed by atoms with Crippen LogP contribution in [0.1, 0.15) is 47.2 Å².